The maximum atomic E-state index is 3.82. The van der Waals surface area contributed by atoms with Crippen LogP contribution in [-0.4, -0.2) is 0 Å². The first-order valence-electron chi connectivity index (χ1n) is 7.52. The molecule has 0 heterocycles. The summed E-state index contributed by atoms with van der Waals surface area (Å²) in [7, 11) is 0. The van der Waals surface area contributed by atoms with E-state index in [0.29, 0.717) is 0 Å². The van der Waals surface area contributed by atoms with Crippen LogP contribution in [0.2, 0.25) is 0 Å². The summed E-state index contributed by atoms with van der Waals surface area (Å²) >= 11 is 0. The van der Waals surface area contributed by atoms with Gasteiger partial charge in [0.2, 0.25) is 0 Å². The fourth-order valence-electron chi connectivity index (χ4n) is 2.03. The van der Waals surface area contributed by atoms with Crippen molar-refractivity contribution >= 4 is 0 Å². The Morgan fingerprint density at radius 2 is 1.38 bits per heavy atom. The Labute approximate surface area is 104 Å². The molecule has 1 fully saturated rings. The van der Waals surface area contributed by atoms with Crippen molar-refractivity contribution in [2.24, 2.45) is 0 Å². The van der Waals surface area contributed by atoms with Crippen LogP contribution < -0.4 is 0 Å². The van der Waals surface area contributed by atoms with E-state index < -0.39 is 0 Å². The molecule has 0 N–H and O–H groups in total. The van der Waals surface area contributed by atoms with Gasteiger partial charge in [0.1, 0.15) is 0 Å². The van der Waals surface area contributed by atoms with Gasteiger partial charge in [-0.1, -0.05) is 97.3 Å². The van der Waals surface area contributed by atoms with Crippen molar-refractivity contribution in [1.29, 1.82) is 0 Å². The summed E-state index contributed by atoms with van der Waals surface area (Å²) in [4.78, 5) is 0. The molecule has 0 nitrogen and oxygen atoms in total. The first-order valence-corrected chi connectivity index (χ1v) is 7.52. The number of rotatable bonds is 7. The minimum absolute atomic E-state index is 1.12. The minimum Gasteiger partial charge on any atom is -0.0654 e. The highest BCUT2D eigenvalue weighted by molar-refractivity contribution is 4.69. The predicted molar refractivity (Wildman–Crippen MR) is 75.4 cm³/mol. The molecule has 0 heteroatoms. The van der Waals surface area contributed by atoms with E-state index in [9.17, 15) is 0 Å². The molecule has 1 saturated carbocycles. The van der Waals surface area contributed by atoms with Gasteiger partial charge in [-0.05, 0) is 6.42 Å². The summed E-state index contributed by atoms with van der Waals surface area (Å²) in [6.45, 7) is 6.08. The van der Waals surface area contributed by atoms with Gasteiger partial charge < -0.3 is 0 Å². The van der Waals surface area contributed by atoms with Gasteiger partial charge in [-0.2, -0.15) is 0 Å². The van der Waals surface area contributed by atoms with Crippen LogP contribution in [0.25, 0.3) is 0 Å². The molecule has 0 atom stereocenters. The highest BCUT2D eigenvalue weighted by Gasteiger charge is 1.95. The highest BCUT2D eigenvalue weighted by atomic mass is 14.0. The molecule has 1 aliphatic carbocycles. The molecule has 1 rings (SSSR count). The Morgan fingerprint density at radius 3 is 1.75 bits per heavy atom. The van der Waals surface area contributed by atoms with Gasteiger partial charge in [0.25, 0.3) is 0 Å². The van der Waals surface area contributed by atoms with Crippen molar-refractivity contribution in [3.8, 4) is 0 Å². The van der Waals surface area contributed by atoms with Gasteiger partial charge in [0.15, 0.2) is 0 Å². The molecule has 0 aliphatic heterocycles. The van der Waals surface area contributed by atoms with Gasteiger partial charge in [-0.25, -0.2) is 0 Å². The molecule has 0 aromatic heterocycles. The van der Waals surface area contributed by atoms with E-state index in [-0.39, 0.29) is 0 Å². The number of unbranched alkanes of at least 4 members (excludes halogenated alkanes) is 7. The number of hydrogen-bond donors (Lipinski definition) is 0. The van der Waals surface area contributed by atoms with Crippen LogP contribution in [0.5, 0.6) is 0 Å². The third-order valence-corrected chi connectivity index (χ3v) is 3.17. The summed E-state index contributed by atoms with van der Waals surface area (Å²) in [5.41, 5.74) is 0. The van der Waals surface area contributed by atoms with Crippen LogP contribution in [0.4, 0.5) is 0 Å². The topological polar surface area (TPSA) is 0 Å². The summed E-state index contributed by atoms with van der Waals surface area (Å²) in [6.07, 6.45) is 20.4. The maximum absolute atomic E-state index is 3.82. The Morgan fingerprint density at radius 1 is 0.812 bits per heavy atom. The zero-order valence-corrected chi connectivity index (χ0v) is 11.5. The zero-order chi connectivity index (χ0) is 11.9. The Balaban J connectivity index is 0.000000315. The zero-order valence-electron chi connectivity index (χ0n) is 11.5. The van der Waals surface area contributed by atoms with E-state index in [0.717, 1.165) is 6.42 Å². The average molecular weight is 224 g/mol. The third kappa shape index (κ3) is 14.0. The van der Waals surface area contributed by atoms with E-state index in [1.54, 1.807) is 0 Å². The summed E-state index contributed by atoms with van der Waals surface area (Å²) in [5.74, 6) is 0. The fourth-order valence-corrected chi connectivity index (χ4v) is 2.03. The normalized spacial score (nSPS) is 15.4. The number of hydrogen-bond acceptors (Lipinski definition) is 0. The molecule has 0 aromatic rings. The van der Waals surface area contributed by atoms with Gasteiger partial charge in [0, 0.05) is 0 Å². The van der Waals surface area contributed by atoms with Crippen LogP contribution in [0.15, 0.2) is 0 Å². The second kappa shape index (κ2) is 15.0. The standard InChI is InChI=1S/C10H21.C6H11/c1-3-5-7-9-10-8-6-4-2;1-2-4-6-5-3-1/h1,3-10H2,2H3;1H,2-6H2. The second-order valence-electron chi connectivity index (χ2n) is 4.90. The van der Waals surface area contributed by atoms with Crippen LogP contribution in [0.3, 0.4) is 0 Å². The largest absolute Gasteiger partial charge is 0.0654 e. The van der Waals surface area contributed by atoms with Gasteiger partial charge >= 0.3 is 0 Å². The molecule has 96 valence electrons. The van der Waals surface area contributed by atoms with E-state index in [1.165, 1.54) is 77.0 Å². The van der Waals surface area contributed by atoms with Crippen molar-refractivity contribution in [2.75, 3.05) is 0 Å². The molecule has 0 unspecified atom stereocenters. The van der Waals surface area contributed by atoms with Crippen molar-refractivity contribution in [3.05, 3.63) is 13.3 Å². The van der Waals surface area contributed by atoms with Crippen molar-refractivity contribution < 1.29 is 0 Å². The molecular weight excluding hydrogens is 192 g/mol. The van der Waals surface area contributed by atoms with E-state index >= 15 is 0 Å². The lowest BCUT2D eigenvalue weighted by atomic mass is 10.0. The lowest BCUT2D eigenvalue weighted by Gasteiger charge is -2.05. The van der Waals surface area contributed by atoms with Crippen molar-refractivity contribution in [1.82, 2.24) is 0 Å². The average Bonchev–Trinajstić information content (AvgIpc) is 2.37. The Bertz CT molecular complexity index is 83.1. The Kier molecular flexibility index (Phi) is 15.0. The van der Waals surface area contributed by atoms with Gasteiger partial charge in [-0.3, -0.25) is 0 Å². The molecule has 0 spiro atoms. The van der Waals surface area contributed by atoms with Crippen LogP contribution >= 0.6 is 0 Å². The van der Waals surface area contributed by atoms with Crippen molar-refractivity contribution in [3.63, 3.8) is 0 Å². The molecule has 16 heavy (non-hydrogen) atoms. The fraction of sp³-hybridized carbons (Fsp3) is 0.875. The van der Waals surface area contributed by atoms with E-state index in [2.05, 4.69) is 20.3 Å². The molecule has 2 radical (unpaired) electrons. The summed E-state index contributed by atoms with van der Waals surface area (Å²) in [5, 5.41) is 0. The molecular formula is C16H32. The SMILES string of the molecule is [CH2]CCCCCCCCC.[CH]1CCCCC1. The maximum Gasteiger partial charge on any atom is -0.0386 e. The Hall–Kier alpha value is 0. The lowest BCUT2D eigenvalue weighted by molar-refractivity contribution is 0.592. The van der Waals surface area contributed by atoms with Crippen LogP contribution in [0, 0.1) is 13.3 Å². The van der Waals surface area contributed by atoms with Gasteiger partial charge in [0.05, 0.1) is 0 Å². The lowest BCUT2D eigenvalue weighted by Crippen LogP contribution is -1.87. The smallest absolute Gasteiger partial charge is 0.0386 e. The van der Waals surface area contributed by atoms with E-state index in [4.69, 9.17) is 0 Å². The molecule has 1 aliphatic rings. The van der Waals surface area contributed by atoms with Crippen molar-refractivity contribution in [2.45, 2.75) is 90.4 Å². The summed E-state index contributed by atoms with van der Waals surface area (Å²) in [6, 6.07) is 0. The molecule has 0 bridgehead atoms. The molecule has 0 saturated heterocycles. The highest BCUT2D eigenvalue weighted by Crippen LogP contribution is 2.14. The molecule has 0 amide bonds. The van der Waals surface area contributed by atoms with Gasteiger partial charge in [-0.15, -0.1) is 0 Å². The van der Waals surface area contributed by atoms with Crippen LogP contribution in [0.1, 0.15) is 90.4 Å². The predicted octanol–water partition coefficient (Wildman–Crippen LogP) is 6.12. The van der Waals surface area contributed by atoms with E-state index in [1.807, 2.05) is 0 Å². The van der Waals surface area contributed by atoms with Crippen LogP contribution in [-0.2, 0) is 0 Å². The third-order valence-electron chi connectivity index (χ3n) is 3.17. The second-order valence-corrected chi connectivity index (χ2v) is 4.90. The first kappa shape index (κ1) is 16.0. The minimum atomic E-state index is 1.12. The summed E-state index contributed by atoms with van der Waals surface area (Å²) < 4.78 is 0. The first-order chi connectivity index (χ1) is 7.91. The quantitative estimate of drug-likeness (QED) is 0.457. The monoisotopic (exact) mass is 224 g/mol. The molecule has 0 aromatic carbocycles.